The van der Waals surface area contributed by atoms with Gasteiger partial charge in [-0.05, 0) is 24.1 Å². The van der Waals surface area contributed by atoms with Gasteiger partial charge in [0.05, 0.1) is 6.61 Å². The minimum Gasteiger partial charge on any atom is -0.494 e. The first-order valence-corrected chi connectivity index (χ1v) is 6.88. The lowest BCUT2D eigenvalue weighted by atomic mass is 10.1. The van der Waals surface area contributed by atoms with Crippen LogP contribution in [0.25, 0.3) is 11.1 Å². The molecule has 0 bridgehead atoms. The summed E-state index contributed by atoms with van der Waals surface area (Å²) in [7, 11) is 0. The van der Waals surface area contributed by atoms with Gasteiger partial charge in [0.25, 0.3) is 0 Å². The largest absolute Gasteiger partial charge is 0.494 e. The standard InChI is InChI=1S/C16H20N2O/c1-2-3-4-5-10-19-16-8-6-14(7-9-16)15-11-17-13-18-12-15/h6-9,11-13H,2-5,10H2,1H3. The van der Waals surface area contributed by atoms with Crippen LogP contribution in [0.5, 0.6) is 5.75 Å². The van der Waals surface area contributed by atoms with Crippen LogP contribution < -0.4 is 4.74 Å². The Morgan fingerprint density at radius 1 is 0.895 bits per heavy atom. The molecule has 0 aliphatic rings. The van der Waals surface area contributed by atoms with Crippen molar-refractivity contribution < 1.29 is 4.74 Å². The molecule has 19 heavy (non-hydrogen) atoms. The van der Waals surface area contributed by atoms with Crippen molar-refractivity contribution in [1.82, 2.24) is 9.97 Å². The number of ether oxygens (including phenoxy) is 1. The summed E-state index contributed by atoms with van der Waals surface area (Å²) in [4.78, 5) is 8.04. The Bertz CT molecular complexity index is 468. The van der Waals surface area contributed by atoms with Crippen LogP contribution in [0, 0.1) is 0 Å². The summed E-state index contributed by atoms with van der Waals surface area (Å²) >= 11 is 0. The fourth-order valence-corrected chi connectivity index (χ4v) is 1.91. The van der Waals surface area contributed by atoms with Gasteiger partial charge in [-0.2, -0.15) is 0 Å². The predicted molar refractivity (Wildman–Crippen MR) is 77.1 cm³/mol. The molecule has 100 valence electrons. The summed E-state index contributed by atoms with van der Waals surface area (Å²) in [6.45, 7) is 3.01. The molecule has 0 aliphatic carbocycles. The quantitative estimate of drug-likeness (QED) is 0.699. The average molecular weight is 256 g/mol. The van der Waals surface area contributed by atoms with Crippen LogP contribution in [0.2, 0.25) is 0 Å². The molecule has 0 aliphatic heterocycles. The van der Waals surface area contributed by atoms with Gasteiger partial charge < -0.3 is 4.74 Å². The van der Waals surface area contributed by atoms with E-state index in [2.05, 4.69) is 16.9 Å². The minimum absolute atomic E-state index is 0.799. The van der Waals surface area contributed by atoms with Crippen LogP contribution in [0.3, 0.4) is 0 Å². The Morgan fingerprint density at radius 2 is 1.63 bits per heavy atom. The fraction of sp³-hybridized carbons (Fsp3) is 0.375. The molecule has 0 saturated heterocycles. The first-order valence-electron chi connectivity index (χ1n) is 6.88. The normalized spacial score (nSPS) is 10.4. The van der Waals surface area contributed by atoms with E-state index in [0.717, 1.165) is 29.9 Å². The van der Waals surface area contributed by atoms with Gasteiger partial charge in [0.1, 0.15) is 12.1 Å². The number of nitrogens with zero attached hydrogens (tertiary/aromatic N) is 2. The summed E-state index contributed by atoms with van der Waals surface area (Å²) in [6, 6.07) is 8.09. The molecule has 0 radical (unpaired) electrons. The third kappa shape index (κ3) is 4.36. The first kappa shape index (κ1) is 13.5. The van der Waals surface area contributed by atoms with Gasteiger partial charge in [-0.25, -0.2) is 9.97 Å². The second kappa shape index (κ2) is 7.52. The maximum absolute atomic E-state index is 5.71. The molecule has 3 heteroatoms. The van der Waals surface area contributed by atoms with Crippen LogP contribution >= 0.6 is 0 Å². The van der Waals surface area contributed by atoms with E-state index in [-0.39, 0.29) is 0 Å². The molecule has 0 N–H and O–H groups in total. The average Bonchev–Trinajstić information content (AvgIpc) is 2.49. The van der Waals surface area contributed by atoms with Crippen molar-refractivity contribution in [3.8, 4) is 16.9 Å². The molecule has 0 spiro atoms. The van der Waals surface area contributed by atoms with E-state index >= 15 is 0 Å². The highest BCUT2D eigenvalue weighted by atomic mass is 16.5. The van der Waals surface area contributed by atoms with Gasteiger partial charge in [-0.15, -0.1) is 0 Å². The highest BCUT2D eigenvalue weighted by molar-refractivity contribution is 5.62. The van der Waals surface area contributed by atoms with Crippen molar-refractivity contribution >= 4 is 0 Å². The van der Waals surface area contributed by atoms with Gasteiger partial charge in [-0.3, -0.25) is 0 Å². The lowest BCUT2D eigenvalue weighted by molar-refractivity contribution is 0.305. The molecule has 1 aromatic carbocycles. The Labute approximate surface area is 114 Å². The van der Waals surface area contributed by atoms with E-state index in [9.17, 15) is 0 Å². The highest BCUT2D eigenvalue weighted by Crippen LogP contribution is 2.21. The number of rotatable bonds is 7. The minimum atomic E-state index is 0.799. The molecule has 0 unspecified atom stereocenters. The van der Waals surface area contributed by atoms with Crippen molar-refractivity contribution in [2.75, 3.05) is 6.61 Å². The number of unbranched alkanes of at least 4 members (excludes halogenated alkanes) is 3. The highest BCUT2D eigenvalue weighted by Gasteiger charge is 1.99. The summed E-state index contributed by atoms with van der Waals surface area (Å²) in [5.41, 5.74) is 2.14. The maximum atomic E-state index is 5.71. The van der Waals surface area contributed by atoms with Crippen LogP contribution in [0.4, 0.5) is 0 Å². The van der Waals surface area contributed by atoms with E-state index in [0.29, 0.717) is 0 Å². The Morgan fingerprint density at radius 3 is 2.32 bits per heavy atom. The van der Waals surface area contributed by atoms with Crippen LogP contribution in [0.15, 0.2) is 43.0 Å². The number of hydrogen-bond donors (Lipinski definition) is 0. The fourth-order valence-electron chi connectivity index (χ4n) is 1.91. The zero-order chi connectivity index (χ0) is 13.3. The Hall–Kier alpha value is -1.90. The topological polar surface area (TPSA) is 35.0 Å². The Kier molecular flexibility index (Phi) is 5.35. The van der Waals surface area contributed by atoms with E-state index in [1.807, 2.05) is 36.7 Å². The number of benzene rings is 1. The molecule has 0 atom stereocenters. The van der Waals surface area contributed by atoms with Gasteiger partial charge in [0.15, 0.2) is 0 Å². The van der Waals surface area contributed by atoms with Crippen molar-refractivity contribution in [3.63, 3.8) is 0 Å². The van der Waals surface area contributed by atoms with Crippen LogP contribution in [-0.4, -0.2) is 16.6 Å². The van der Waals surface area contributed by atoms with E-state index in [1.165, 1.54) is 25.6 Å². The molecule has 0 fully saturated rings. The molecule has 2 aromatic rings. The second-order valence-corrected chi connectivity index (χ2v) is 4.56. The molecule has 1 aromatic heterocycles. The summed E-state index contributed by atoms with van der Waals surface area (Å²) < 4.78 is 5.71. The lowest BCUT2D eigenvalue weighted by Crippen LogP contribution is -1.97. The first-order chi connectivity index (χ1) is 9.40. The molecule has 2 rings (SSSR count). The van der Waals surface area contributed by atoms with Gasteiger partial charge in [0.2, 0.25) is 0 Å². The number of aromatic nitrogens is 2. The van der Waals surface area contributed by atoms with Crippen LogP contribution in [0.1, 0.15) is 32.6 Å². The summed E-state index contributed by atoms with van der Waals surface area (Å²) in [5, 5.41) is 0. The smallest absolute Gasteiger partial charge is 0.119 e. The SMILES string of the molecule is CCCCCCOc1ccc(-c2cncnc2)cc1. The molecule has 0 saturated carbocycles. The molecular formula is C16H20N2O. The third-order valence-electron chi connectivity index (χ3n) is 3.01. The van der Waals surface area contributed by atoms with Crippen LogP contribution in [-0.2, 0) is 0 Å². The summed E-state index contributed by atoms with van der Waals surface area (Å²) in [6.07, 6.45) is 10.1. The monoisotopic (exact) mass is 256 g/mol. The van der Waals surface area contributed by atoms with Gasteiger partial charge in [0, 0.05) is 18.0 Å². The zero-order valence-electron chi connectivity index (χ0n) is 11.4. The van der Waals surface area contributed by atoms with Gasteiger partial charge in [-0.1, -0.05) is 38.3 Å². The van der Waals surface area contributed by atoms with E-state index in [4.69, 9.17) is 4.74 Å². The van der Waals surface area contributed by atoms with E-state index < -0.39 is 0 Å². The van der Waals surface area contributed by atoms with Crippen molar-refractivity contribution in [3.05, 3.63) is 43.0 Å². The molecular weight excluding hydrogens is 236 g/mol. The number of hydrogen-bond acceptors (Lipinski definition) is 3. The van der Waals surface area contributed by atoms with E-state index in [1.54, 1.807) is 0 Å². The summed E-state index contributed by atoms with van der Waals surface area (Å²) in [5.74, 6) is 0.928. The van der Waals surface area contributed by atoms with Gasteiger partial charge >= 0.3 is 0 Å². The Balaban J connectivity index is 1.85. The second-order valence-electron chi connectivity index (χ2n) is 4.56. The third-order valence-corrected chi connectivity index (χ3v) is 3.01. The predicted octanol–water partition coefficient (Wildman–Crippen LogP) is 4.10. The van der Waals surface area contributed by atoms with Crippen molar-refractivity contribution in [2.45, 2.75) is 32.6 Å². The zero-order valence-corrected chi connectivity index (χ0v) is 11.4. The van der Waals surface area contributed by atoms with Crippen molar-refractivity contribution in [1.29, 1.82) is 0 Å². The molecule has 3 nitrogen and oxygen atoms in total. The lowest BCUT2D eigenvalue weighted by Gasteiger charge is -2.07. The molecule has 1 heterocycles. The van der Waals surface area contributed by atoms with Crippen molar-refractivity contribution in [2.24, 2.45) is 0 Å². The molecule has 0 amide bonds. The maximum Gasteiger partial charge on any atom is 0.119 e.